The second-order valence-corrected chi connectivity index (χ2v) is 7.80. The third-order valence-corrected chi connectivity index (χ3v) is 4.24. The Labute approximate surface area is 128 Å². The summed E-state index contributed by atoms with van der Waals surface area (Å²) in [6.45, 7) is 15.4. The van der Waals surface area contributed by atoms with Gasteiger partial charge < -0.3 is 10.2 Å². The number of aromatic nitrogens is 1. The van der Waals surface area contributed by atoms with Gasteiger partial charge in [-0.1, -0.05) is 19.8 Å². The summed E-state index contributed by atoms with van der Waals surface area (Å²) in [6.07, 6.45) is 5.84. The van der Waals surface area contributed by atoms with Crippen molar-refractivity contribution in [2.24, 2.45) is 0 Å². The van der Waals surface area contributed by atoms with Gasteiger partial charge in [0.05, 0.1) is 0 Å². The van der Waals surface area contributed by atoms with Crippen molar-refractivity contribution in [1.29, 1.82) is 0 Å². The molecule has 0 atom stereocenters. The van der Waals surface area contributed by atoms with E-state index in [2.05, 4.69) is 56.7 Å². The van der Waals surface area contributed by atoms with E-state index in [1.54, 1.807) is 0 Å². The first-order valence-corrected chi connectivity index (χ1v) is 8.61. The third-order valence-electron chi connectivity index (χ3n) is 3.21. The van der Waals surface area contributed by atoms with E-state index >= 15 is 0 Å². The highest BCUT2D eigenvalue weighted by molar-refractivity contribution is 7.15. The minimum atomic E-state index is 0.156. The number of nitrogens with one attached hydrogen (secondary N) is 1. The molecule has 0 fully saturated rings. The molecule has 20 heavy (non-hydrogen) atoms. The van der Waals surface area contributed by atoms with Gasteiger partial charge in [0.1, 0.15) is 0 Å². The molecule has 0 radical (unpaired) electrons. The molecule has 1 N–H and O–H groups in total. The molecule has 0 amide bonds. The number of hydrogen-bond donors (Lipinski definition) is 1. The van der Waals surface area contributed by atoms with Gasteiger partial charge in [0.15, 0.2) is 5.13 Å². The summed E-state index contributed by atoms with van der Waals surface area (Å²) in [5, 5.41) is 4.69. The molecule has 3 nitrogen and oxygen atoms in total. The van der Waals surface area contributed by atoms with Gasteiger partial charge in [-0.3, -0.25) is 0 Å². The smallest absolute Gasteiger partial charge is 0.185 e. The molecule has 116 valence electrons. The normalized spacial score (nSPS) is 12.2. The third kappa shape index (κ3) is 6.23. The molecule has 0 aliphatic heterocycles. The van der Waals surface area contributed by atoms with Crippen molar-refractivity contribution in [2.45, 2.75) is 78.9 Å². The lowest BCUT2D eigenvalue weighted by atomic mass is 10.1. The molecular formula is C16H31N3S. The van der Waals surface area contributed by atoms with Gasteiger partial charge in [-0.25, -0.2) is 4.98 Å². The van der Waals surface area contributed by atoms with Gasteiger partial charge >= 0.3 is 0 Å². The predicted octanol–water partition coefficient (Wildman–Crippen LogP) is 4.44. The van der Waals surface area contributed by atoms with Crippen molar-refractivity contribution in [3.8, 4) is 0 Å². The molecule has 1 aromatic heterocycles. The molecule has 0 aliphatic rings. The van der Waals surface area contributed by atoms with Crippen molar-refractivity contribution < 1.29 is 0 Å². The Kier molecular flexibility index (Phi) is 6.96. The maximum absolute atomic E-state index is 4.62. The minimum Gasteiger partial charge on any atom is -0.346 e. The first-order valence-electron chi connectivity index (χ1n) is 7.80. The topological polar surface area (TPSA) is 28.2 Å². The molecule has 0 saturated carbocycles. The summed E-state index contributed by atoms with van der Waals surface area (Å²) in [5.74, 6) is 0. The molecule has 0 spiro atoms. The fourth-order valence-corrected chi connectivity index (χ4v) is 2.98. The van der Waals surface area contributed by atoms with Crippen LogP contribution in [0.4, 0.5) is 5.13 Å². The van der Waals surface area contributed by atoms with E-state index in [0.717, 1.165) is 13.1 Å². The van der Waals surface area contributed by atoms with Crippen LogP contribution in [-0.4, -0.2) is 23.1 Å². The number of nitrogens with zero attached hydrogens (tertiary/aromatic N) is 2. The van der Waals surface area contributed by atoms with Crippen LogP contribution in [0.1, 0.15) is 65.7 Å². The molecule has 0 unspecified atom stereocenters. The second kappa shape index (κ2) is 7.99. The molecule has 0 aliphatic carbocycles. The van der Waals surface area contributed by atoms with Crippen molar-refractivity contribution in [3.05, 3.63) is 11.1 Å². The Bertz CT molecular complexity index is 379. The molecule has 1 heterocycles. The van der Waals surface area contributed by atoms with Crippen molar-refractivity contribution in [3.63, 3.8) is 0 Å². The average Bonchev–Trinajstić information content (AvgIpc) is 2.79. The lowest BCUT2D eigenvalue weighted by Gasteiger charge is -2.26. The van der Waals surface area contributed by atoms with Crippen LogP contribution in [0.25, 0.3) is 0 Å². The second-order valence-electron chi connectivity index (χ2n) is 6.71. The average molecular weight is 298 g/mol. The number of thiazole rings is 1. The van der Waals surface area contributed by atoms with Crippen LogP contribution in [0.5, 0.6) is 0 Å². The van der Waals surface area contributed by atoms with Crippen LogP contribution >= 0.6 is 11.3 Å². The molecule has 4 heteroatoms. The van der Waals surface area contributed by atoms with Crippen molar-refractivity contribution >= 4 is 16.5 Å². The maximum atomic E-state index is 4.62. The van der Waals surface area contributed by atoms with E-state index in [1.165, 1.54) is 29.3 Å². The lowest BCUT2D eigenvalue weighted by Crippen LogP contribution is -2.34. The summed E-state index contributed by atoms with van der Waals surface area (Å²) in [4.78, 5) is 8.37. The van der Waals surface area contributed by atoms with Crippen molar-refractivity contribution in [2.75, 3.05) is 11.4 Å². The highest BCUT2D eigenvalue weighted by Crippen LogP contribution is 2.25. The summed E-state index contributed by atoms with van der Waals surface area (Å²) in [5.41, 5.74) is 0.156. The van der Waals surface area contributed by atoms with Crippen LogP contribution in [0, 0.1) is 0 Å². The SMILES string of the molecule is CCCCCN(c1ncc(CNC(C)(C)C)s1)C(C)C. The Morgan fingerprint density at radius 3 is 2.55 bits per heavy atom. The Balaban J connectivity index is 2.61. The fraction of sp³-hybridized carbons (Fsp3) is 0.812. The summed E-state index contributed by atoms with van der Waals surface area (Å²) in [6, 6.07) is 0.515. The number of rotatable bonds is 8. The van der Waals surface area contributed by atoms with Crippen LogP contribution in [0.3, 0.4) is 0 Å². The summed E-state index contributed by atoms with van der Waals surface area (Å²) in [7, 11) is 0. The van der Waals surface area contributed by atoms with E-state index < -0.39 is 0 Å². The zero-order valence-electron chi connectivity index (χ0n) is 14.0. The monoisotopic (exact) mass is 297 g/mol. The number of unbranched alkanes of at least 4 members (excludes halogenated alkanes) is 2. The van der Waals surface area contributed by atoms with Crippen LogP contribution in [0.15, 0.2) is 6.20 Å². The van der Waals surface area contributed by atoms with E-state index in [0.29, 0.717) is 6.04 Å². The van der Waals surface area contributed by atoms with Crippen LogP contribution in [-0.2, 0) is 6.54 Å². The molecule has 0 saturated heterocycles. The maximum Gasteiger partial charge on any atom is 0.185 e. The molecule has 0 bridgehead atoms. The largest absolute Gasteiger partial charge is 0.346 e. The highest BCUT2D eigenvalue weighted by atomic mass is 32.1. The van der Waals surface area contributed by atoms with E-state index in [1.807, 2.05) is 17.5 Å². The Morgan fingerprint density at radius 2 is 2.00 bits per heavy atom. The van der Waals surface area contributed by atoms with Gasteiger partial charge in [0.2, 0.25) is 0 Å². The molecule has 0 aromatic carbocycles. The molecule has 1 rings (SSSR count). The van der Waals surface area contributed by atoms with Gasteiger partial charge in [-0.05, 0) is 41.0 Å². The minimum absolute atomic E-state index is 0.156. The van der Waals surface area contributed by atoms with Gasteiger partial charge in [0, 0.05) is 35.7 Å². The number of hydrogen-bond acceptors (Lipinski definition) is 4. The van der Waals surface area contributed by atoms with Crippen LogP contribution in [0.2, 0.25) is 0 Å². The standard InChI is InChI=1S/C16H31N3S/c1-7-8-9-10-19(13(2)3)15-17-11-14(20-15)12-18-16(4,5)6/h11,13,18H,7-10,12H2,1-6H3. The molecular weight excluding hydrogens is 266 g/mol. The van der Waals surface area contributed by atoms with E-state index in [-0.39, 0.29) is 5.54 Å². The van der Waals surface area contributed by atoms with Gasteiger partial charge in [0.25, 0.3) is 0 Å². The van der Waals surface area contributed by atoms with Gasteiger partial charge in [-0.15, -0.1) is 11.3 Å². The Morgan fingerprint density at radius 1 is 1.30 bits per heavy atom. The summed E-state index contributed by atoms with van der Waals surface area (Å²) >= 11 is 1.82. The summed E-state index contributed by atoms with van der Waals surface area (Å²) < 4.78 is 0. The zero-order valence-corrected chi connectivity index (χ0v) is 14.8. The van der Waals surface area contributed by atoms with E-state index in [4.69, 9.17) is 0 Å². The van der Waals surface area contributed by atoms with Crippen molar-refractivity contribution in [1.82, 2.24) is 10.3 Å². The van der Waals surface area contributed by atoms with E-state index in [9.17, 15) is 0 Å². The fourth-order valence-electron chi connectivity index (χ4n) is 1.97. The van der Waals surface area contributed by atoms with Crippen LogP contribution < -0.4 is 10.2 Å². The quantitative estimate of drug-likeness (QED) is 0.719. The predicted molar refractivity (Wildman–Crippen MR) is 90.7 cm³/mol. The first kappa shape index (κ1) is 17.4. The lowest BCUT2D eigenvalue weighted by molar-refractivity contribution is 0.426. The Hall–Kier alpha value is -0.610. The molecule has 1 aromatic rings. The first-order chi connectivity index (χ1) is 9.33. The highest BCUT2D eigenvalue weighted by Gasteiger charge is 2.15. The zero-order chi connectivity index (χ0) is 15.2. The van der Waals surface area contributed by atoms with Gasteiger partial charge in [-0.2, -0.15) is 0 Å². The number of anilines is 1.